The fourth-order valence-electron chi connectivity index (χ4n) is 2.93. The van der Waals surface area contributed by atoms with Gasteiger partial charge in [-0.05, 0) is 50.8 Å². The molecule has 0 saturated heterocycles. The van der Waals surface area contributed by atoms with Crippen molar-refractivity contribution < 1.29 is 0 Å². The minimum absolute atomic E-state index is 0.160. The zero-order valence-corrected chi connectivity index (χ0v) is 16.1. The molecular formula is C20H27N7. The van der Waals surface area contributed by atoms with Crippen LogP contribution in [-0.2, 0) is 6.54 Å². The predicted molar refractivity (Wildman–Crippen MR) is 108 cm³/mol. The van der Waals surface area contributed by atoms with E-state index in [0.717, 1.165) is 36.7 Å². The van der Waals surface area contributed by atoms with Crippen molar-refractivity contribution in [2.45, 2.75) is 19.5 Å². The molecule has 0 bridgehead atoms. The molecule has 3 N–H and O–H groups in total. The Balaban J connectivity index is 1.66. The third kappa shape index (κ3) is 5.12. The first-order chi connectivity index (χ1) is 13.2. The molecule has 0 amide bonds. The molecule has 7 nitrogen and oxygen atoms in total. The Morgan fingerprint density at radius 1 is 1.19 bits per heavy atom. The summed E-state index contributed by atoms with van der Waals surface area (Å²) >= 11 is 0. The van der Waals surface area contributed by atoms with Gasteiger partial charge in [0.25, 0.3) is 0 Å². The van der Waals surface area contributed by atoms with Crippen LogP contribution in [0.25, 0.3) is 11.3 Å². The second kappa shape index (κ2) is 9.25. The van der Waals surface area contributed by atoms with Crippen LogP contribution >= 0.6 is 0 Å². The topological polar surface area (TPSA) is 81.8 Å². The summed E-state index contributed by atoms with van der Waals surface area (Å²) in [7, 11) is 4.08. The zero-order valence-electron chi connectivity index (χ0n) is 16.1. The number of rotatable bonds is 9. The number of aromatic amines is 1. The molecule has 0 aliphatic heterocycles. The maximum atomic E-state index is 4.57. The average Bonchev–Trinajstić information content (AvgIpc) is 3.15. The van der Waals surface area contributed by atoms with Crippen LogP contribution in [0.4, 0.5) is 5.82 Å². The molecular weight excluding hydrogens is 338 g/mol. The molecule has 3 heterocycles. The van der Waals surface area contributed by atoms with Gasteiger partial charge in [0.15, 0.2) is 0 Å². The molecule has 1 unspecified atom stereocenters. The summed E-state index contributed by atoms with van der Waals surface area (Å²) < 4.78 is 0. The first-order valence-electron chi connectivity index (χ1n) is 9.16. The van der Waals surface area contributed by atoms with Crippen LogP contribution in [-0.4, -0.2) is 52.3 Å². The summed E-state index contributed by atoms with van der Waals surface area (Å²) in [4.78, 5) is 10.9. The van der Waals surface area contributed by atoms with E-state index in [1.165, 1.54) is 11.1 Å². The predicted octanol–water partition coefficient (Wildman–Crippen LogP) is 2.69. The SMILES string of the molecule is CNCCN(C)Cc1c[nH]nc1-c1ccc(NC(C)c2ccncc2)nc1. The van der Waals surface area contributed by atoms with E-state index in [-0.39, 0.29) is 6.04 Å². The molecule has 27 heavy (non-hydrogen) atoms. The van der Waals surface area contributed by atoms with Crippen LogP contribution in [0.1, 0.15) is 24.1 Å². The summed E-state index contributed by atoms with van der Waals surface area (Å²) in [6, 6.07) is 8.23. The molecule has 3 aromatic rings. The number of nitrogens with zero attached hydrogens (tertiary/aromatic N) is 4. The molecule has 0 fully saturated rings. The number of anilines is 1. The second-order valence-electron chi connectivity index (χ2n) is 6.68. The molecule has 0 aliphatic carbocycles. The molecule has 0 radical (unpaired) electrons. The van der Waals surface area contributed by atoms with Crippen LogP contribution in [0, 0.1) is 0 Å². The van der Waals surface area contributed by atoms with E-state index in [9.17, 15) is 0 Å². The van der Waals surface area contributed by atoms with Gasteiger partial charge in [-0.3, -0.25) is 10.1 Å². The van der Waals surface area contributed by atoms with Gasteiger partial charge in [-0.2, -0.15) is 5.10 Å². The van der Waals surface area contributed by atoms with Crippen LogP contribution < -0.4 is 10.6 Å². The fraction of sp³-hybridized carbons (Fsp3) is 0.350. The Hall–Kier alpha value is -2.77. The van der Waals surface area contributed by atoms with Crippen LogP contribution in [0.3, 0.4) is 0 Å². The van der Waals surface area contributed by atoms with Gasteiger partial charge in [-0.25, -0.2) is 4.98 Å². The average molecular weight is 365 g/mol. The van der Waals surface area contributed by atoms with Crippen molar-refractivity contribution in [2.24, 2.45) is 0 Å². The third-order valence-corrected chi connectivity index (χ3v) is 4.51. The smallest absolute Gasteiger partial charge is 0.126 e. The van der Waals surface area contributed by atoms with Crippen molar-refractivity contribution in [3.05, 3.63) is 60.2 Å². The van der Waals surface area contributed by atoms with Gasteiger partial charge >= 0.3 is 0 Å². The minimum atomic E-state index is 0.160. The number of likely N-dealkylation sites (N-methyl/N-ethyl adjacent to an activating group) is 2. The fourth-order valence-corrected chi connectivity index (χ4v) is 2.93. The maximum absolute atomic E-state index is 4.57. The zero-order chi connectivity index (χ0) is 19.1. The van der Waals surface area contributed by atoms with Gasteiger partial charge in [-0.1, -0.05) is 0 Å². The highest BCUT2D eigenvalue weighted by Crippen LogP contribution is 2.23. The largest absolute Gasteiger partial charge is 0.364 e. The van der Waals surface area contributed by atoms with Crippen molar-refractivity contribution in [2.75, 3.05) is 32.5 Å². The molecule has 0 spiro atoms. The Kier molecular flexibility index (Phi) is 6.51. The number of hydrogen-bond acceptors (Lipinski definition) is 6. The summed E-state index contributed by atoms with van der Waals surface area (Å²) in [6.07, 6.45) is 7.44. The molecule has 7 heteroatoms. The summed E-state index contributed by atoms with van der Waals surface area (Å²) in [6.45, 7) is 4.89. The highest BCUT2D eigenvalue weighted by atomic mass is 15.1. The van der Waals surface area contributed by atoms with Crippen molar-refractivity contribution in [3.63, 3.8) is 0 Å². The van der Waals surface area contributed by atoms with Crippen molar-refractivity contribution in [1.82, 2.24) is 30.4 Å². The quantitative estimate of drug-likeness (QED) is 0.541. The number of nitrogens with one attached hydrogen (secondary N) is 3. The lowest BCUT2D eigenvalue weighted by atomic mass is 10.1. The van der Waals surface area contributed by atoms with E-state index in [2.05, 4.69) is 55.7 Å². The number of aromatic nitrogens is 4. The minimum Gasteiger partial charge on any atom is -0.364 e. The first-order valence-corrected chi connectivity index (χ1v) is 9.16. The van der Waals surface area contributed by atoms with Crippen LogP contribution in [0.5, 0.6) is 0 Å². The van der Waals surface area contributed by atoms with Crippen LogP contribution in [0.15, 0.2) is 49.1 Å². The monoisotopic (exact) mass is 365 g/mol. The van der Waals surface area contributed by atoms with E-state index in [4.69, 9.17) is 0 Å². The van der Waals surface area contributed by atoms with Crippen molar-refractivity contribution in [3.8, 4) is 11.3 Å². The standard InChI is InChI=1S/C20H27N7/c1-15(16-6-8-22-9-7-16)25-19-5-4-17(12-23-19)20-18(13-24-26-20)14-27(3)11-10-21-2/h4-9,12-13,15,21H,10-11,14H2,1-3H3,(H,23,25)(H,24,26). The Morgan fingerprint density at radius 3 is 2.70 bits per heavy atom. The van der Waals surface area contributed by atoms with Gasteiger partial charge in [0.1, 0.15) is 5.82 Å². The Bertz CT molecular complexity index is 814. The third-order valence-electron chi connectivity index (χ3n) is 4.51. The number of H-pyrrole nitrogens is 1. The van der Waals surface area contributed by atoms with Gasteiger partial charge in [0.05, 0.1) is 11.7 Å². The Labute approximate surface area is 160 Å². The normalized spacial score (nSPS) is 12.3. The van der Waals surface area contributed by atoms with Crippen molar-refractivity contribution >= 4 is 5.82 Å². The van der Waals surface area contributed by atoms with E-state index < -0.39 is 0 Å². The van der Waals surface area contributed by atoms with E-state index in [1.54, 1.807) is 12.4 Å². The molecule has 3 rings (SSSR count). The summed E-state index contributed by atoms with van der Waals surface area (Å²) in [5.41, 5.74) is 4.30. The molecule has 142 valence electrons. The lowest BCUT2D eigenvalue weighted by Crippen LogP contribution is -2.27. The summed E-state index contributed by atoms with van der Waals surface area (Å²) in [5.74, 6) is 0.839. The number of pyridine rings is 2. The van der Waals surface area contributed by atoms with Gasteiger partial charge in [0.2, 0.25) is 0 Å². The molecule has 0 saturated carbocycles. The van der Waals surface area contributed by atoms with Crippen LogP contribution in [0.2, 0.25) is 0 Å². The molecule has 0 aliphatic rings. The lowest BCUT2D eigenvalue weighted by Gasteiger charge is -2.16. The first kappa shape index (κ1) is 19.0. The second-order valence-corrected chi connectivity index (χ2v) is 6.68. The van der Waals surface area contributed by atoms with Crippen molar-refractivity contribution in [1.29, 1.82) is 0 Å². The lowest BCUT2D eigenvalue weighted by molar-refractivity contribution is 0.328. The van der Waals surface area contributed by atoms with E-state index in [0.29, 0.717) is 0 Å². The Morgan fingerprint density at radius 2 is 2.00 bits per heavy atom. The number of hydrogen-bond donors (Lipinski definition) is 3. The molecule has 0 aromatic carbocycles. The van der Waals surface area contributed by atoms with Gasteiger partial charge in [0, 0.05) is 55.5 Å². The highest BCUT2D eigenvalue weighted by Gasteiger charge is 2.12. The maximum Gasteiger partial charge on any atom is 0.126 e. The van der Waals surface area contributed by atoms with E-state index >= 15 is 0 Å². The van der Waals surface area contributed by atoms with E-state index in [1.807, 2.05) is 37.6 Å². The molecule has 1 atom stereocenters. The van der Waals surface area contributed by atoms with Gasteiger partial charge in [-0.15, -0.1) is 0 Å². The summed E-state index contributed by atoms with van der Waals surface area (Å²) in [5, 5.41) is 14.0. The van der Waals surface area contributed by atoms with Gasteiger partial charge < -0.3 is 15.5 Å². The highest BCUT2D eigenvalue weighted by molar-refractivity contribution is 5.63. The molecule has 3 aromatic heterocycles.